The summed E-state index contributed by atoms with van der Waals surface area (Å²) in [6.07, 6.45) is 6.53. The van der Waals surface area contributed by atoms with Crippen LogP contribution in [0, 0.1) is 0 Å². The van der Waals surface area contributed by atoms with Crippen LogP contribution >= 0.6 is 0 Å². The Kier molecular flexibility index (Phi) is 8.81. The van der Waals surface area contributed by atoms with E-state index in [0.717, 1.165) is 41.0 Å². The fourth-order valence-electron chi connectivity index (χ4n) is 3.40. The molecule has 4 aromatic rings. The van der Waals surface area contributed by atoms with Gasteiger partial charge in [-0.3, -0.25) is 9.67 Å². The molecule has 0 atom stereocenters. The number of aromatic nitrogens is 3. The van der Waals surface area contributed by atoms with Gasteiger partial charge in [0.25, 0.3) is 0 Å². The second kappa shape index (κ2) is 12.2. The van der Waals surface area contributed by atoms with Gasteiger partial charge in [0.2, 0.25) is 0 Å². The quantitative estimate of drug-likeness (QED) is 0.400. The number of anilines is 2. The van der Waals surface area contributed by atoms with E-state index in [1.807, 2.05) is 71.5 Å². The fraction of sp³-hybridized carbons (Fsp3) is 0.160. The zero-order valence-corrected chi connectivity index (χ0v) is 19.7. The largest absolute Gasteiger partial charge is 0.335 e. The maximum atomic E-state index is 12.5. The molecule has 0 unspecified atom stereocenters. The predicted molar refractivity (Wildman–Crippen MR) is 134 cm³/mol. The van der Waals surface area contributed by atoms with Gasteiger partial charge < -0.3 is 10.6 Å². The minimum absolute atomic E-state index is 0.278. The van der Waals surface area contributed by atoms with Gasteiger partial charge in [0.05, 0.1) is 0 Å². The van der Waals surface area contributed by atoms with E-state index in [4.69, 9.17) is 13.5 Å². The van der Waals surface area contributed by atoms with Gasteiger partial charge in [-0.2, -0.15) is 13.5 Å². The maximum absolute atomic E-state index is 12.5. The Morgan fingerprint density at radius 3 is 2.24 bits per heavy atom. The molecule has 0 aliphatic rings. The zero-order chi connectivity index (χ0) is 24.3. The first-order chi connectivity index (χ1) is 16.6. The van der Waals surface area contributed by atoms with E-state index in [1.54, 1.807) is 12.4 Å². The van der Waals surface area contributed by atoms with Crippen LogP contribution in [0.5, 0.6) is 0 Å². The lowest BCUT2D eigenvalue weighted by Gasteiger charge is -2.10. The molecule has 8 nitrogen and oxygen atoms in total. The summed E-state index contributed by atoms with van der Waals surface area (Å²) in [6.45, 7) is 4.93. The van der Waals surface area contributed by atoms with Crippen molar-refractivity contribution >= 4 is 29.0 Å². The van der Waals surface area contributed by atoms with Crippen molar-refractivity contribution < 1.29 is 13.2 Å². The number of nitrogens with one attached hydrogen (secondary N) is 2. The first-order valence-electron chi connectivity index (χ1n) is 10.7. The molecule has 0 bridgehead atoms. The maximum Gasteiger partial charge on any atom is 0.335 e. The lowest BCUT2D eigenvalue weighted by Crippen LogP contribution is -2.19. The highest BCUT2D eigenvalue weighted by atomic mass is 32.1. The number of carbonyl (C=O) groups is 1. The number of hydrogen-bond acceptors (Lipinski definition) is 5. The Labute approximate surface area is 201 Å². The molecule has 2 heterocycles. The van der Waals surface area contributed by atoms with Crippen molar-refractivity contribution in [3.8, 4) is 22.4 Å². The highest BCUT2D eigenvalue weighted by molar-refractivity contribution is 7.51. The van der Waals surface area contributed by atoms with Crippen LogP contribution in [0.3, 0.4) is 0 Å². The standard InChI is InChI=1S/C25H25N5O.O2S/c1-3-18-8-10-21(11-9-18)27-25(31)28-22-7-5-6-20(16-22)23-17-30(4-2)29-24(23)19-12-14-26-15-13-19;1-3-2/h5-17H,3-4H2,1-2H3,(H2,27,28,31);. The van der Waals surface area contributed by atoms with Crippen molar-refractivity contribution in [2.45, 2.75) is 26.8 Å². The highest BCUT2D eigenvalue weighted by Crippen LogP contribution is 2.32. The van der Waals surface area contributed by atoms with Crippen molar-refractivity contribution in [2.75, 3.05) is 10.6 Å². The van der Waals surface area contributed by atoms with Gasteiger partial charge >= 0.3 is 17.6 Å². The molecule has 0 saturated carbocycles. The minimum atomic E-state index is -0.750. The fourth-order valence-corrected chi connectivity index (χ4v) is 3.40. The molecule has 2 aromatic carbocycles. The Morgan fingerprint density at radius 1 is 0.912 bits per heavy atom. The molecule has 2 amide bonds. The first kappa shape index (κ1) is 24.5. The zero-order valence-electron chi connectivity index (χ0n) is 18.9. The number of nitrogens with zero attached hydrogens (tertiary/aromatic N) is 3. The van der Waals surface area contributed by atoms with Gasteiger partial charge in [0, 0.05) is 47.6 Å². The molecule has 4 rings (SSSR count). The van der Waals surface area contributed by atoms with E-state index in [2.05, 4.69) is 29.5 Å². The van der Waals surface area contributed by atoms with Crippen LogP contribution in [0.15, 0.2) is 79.3 Å². The van der Waals surface area contributed by atoms with Crippen molar-refractivity contribution in [1.29, 1.82) is 0 Å². The minimum Gasteiger partial charge on any atom is -0.308 e. The SMILES string of the molecule is CCc1ccc(NC(=O)Nc2cccc(-c3cn(CC)nc3-c3ccncc3)c2)cc1.O=S=O. The molecular weight excluding hydrogens is 450 g/mol. The highest BCUT2D eigenvalue weighted by Gasteiger charge is 2.13. The van der Waals surface area contributed by atoms with Gasteiger partial charge in [-0.25, -0.2) is 4.79 Å². The van der Waals surface area contributed by atoms with Crippen LogP contribution in [0.2, 0.25) is 0 Å². The first-order valence-corrected chi connectivity index (χ1v) is 11.4. The monoisotopic (exact) mass is 475 g/mol. The van der Waals surface area contributed by atoms with E-state index in [1.165, 1.54) is 5.56 Å². The van der Waals surface area contributed by atoms with Crippen LogP contribution in [0.4, 0.5) is 16.2 Å². The van der Waals surface area contributed by atoms with Gasteiger partial charge in [-0.1, -0.05) is 31.2 Å². The summed E-state index contributed by atoms with van der Waals surface area (Å²) in [4.78, 5) is 16.6. The number of hydrogen-bond donors (Lipinski definition) is 2. The number of benzene rings is 2. The second-order valence-electron chi connectivity index (χ2n) is 7.26. The molecule has 2 aromatic heterocycles. The summed E-state index contributed by atoms with van der Waals surface area (Å²) in [6, 6.07) is 19.3. The van der Waals surface area contributed by atoms with Crippen molar-refractivity contribution in [3.63, 3.8) is 0 Å². The molecule has 0 saturated heterocycles. The van der Waals surface area contributed by atoms with Crippen molar-refractivity contribution in [3.05, 3.63) is 84.8 Å². The summed E-state index contributed by atoms with van der Waals surface area (Å²) in [7, 11) is 0. The Balaban J connectivity index is 0.00000103. The number of rotatable bonds is 6. The van der Waals surface area contributed by atoms with Crippen molar-refractivity contribution in [2.24, 2.45) is 0 Å². The summed E-state index contributed by atoms with van der Waals surface area (Å²) >= 11 is -0.750. The van der Waals surface area contributed by atoms with Crippen LogP contribution in [0.25, 0.3) is 22.4 Å². The molecule has 0 fully saturated rings. The number of amides is 2. The average Bonchev–Trinajstić information content (AvgIpc) is 3.30. The summed E-state index contributed by atoms with van der Waals surface area (Å²) < 4.78 is 18.5. The van der Waals surface area contributed by atoms with Gasteiger partial charge in [0.1, 0.15) is 5.69 Å². The Hall–Kier alpha value is -4.11. The van der Waals surface area contributed by atoms with Crippen molar-refractivity contribution in [1.82, 2.24) is 14.8 Å². The van der Waals surface area contributed by atoms with Crippen LogP contribution in [0.1, 0.15) is 19.4 Å². The number of urea groups is 1. The molecule has 0 aliphatic heterocycles. The average molecular weight is 476 g/mol. The third kappa shape index (κ3) is 6.46. The normalized spacial score (nSPS) is 10.1. The van der Waals surface area contributed by atoms with E-state index >= 15 is 0 Å². The second-order valence-corrected chi connectivity index (χ2v) is 7.40. The number of carbonyl (C=O) groups excluding carboxylic acids is 1. The number of pyridine rings is 1. The lowest BCUT2D eigenvalue weighted by atomic mass is 10.0. The topological polar surface area (TPSA) is 106 Å². The smallest absolute Gasteiger partial charge is 0.308 e. The predicted octanol–water partition coefficient (Wildman–Crippen LogP) is 5.17. The summed E-state index contributed by atoms with van der Waals surface area (Å²) in [5, 5.41) is 10.5. The molecule has 9 heteroatoms. The Morgan fingerprint density at radius 2 is 1.59 bits per heavy atom. The molecule has 0 spiro atoms. The molecular formula is C25H25N5O3S. The molecule has 0 radical (unpaired) electrons. The van der Waals surface area contributed by atoms with Crippen LogP contribution in [-0.2, 0) is 24.5 Å². The molecule has 174 valence electrons. The third-order valence-electron chi connectivity index (χ3n) is 5.09. The summed E-state index contributed by atoms with van der Waals surface area (Å²) in [5.41, 5.74) is 6.59. The van der Waals surface area contributed by atoms with E-state index in [9.17, 15) is 4.79 Å². The van der Waals surface area contributed by atoms with Gasteiger partial charge in [-0.05, 0) is 60.9 Å². The summed E-state index contributed by atoms with van der Waals surface area (Å²) in [5.74, 6) is 0. The van der Waals surface area contributed by atoms with E-state index in [-0.39, 0.29) is 6.03 Å². The molecule has 2 N–H and O–H groups in total. The van der Waals surface area contributed by atoms with Gasteiger partial charge in [-0.15, -0.1) is 0 Å². The Bertz CT molecular complexity index is 1270. The van der Waals surface area contributed by atoms with E-state index < -0.39 is 11.6 Å². The van der Waals surface area contributed by atoms with E-state index in [0.29, 0.717) is 5.69 Å². The third-order valence-corrected chi connectivity index (χ3v) is 5.09. The molecule has 34 heavy (non-hydrogen) atoms. The molecule has 0 aliphatic carbocycles. The lowest BCUT2D eigenvalue weighted by molar-refractivity contribution is 0.262. The van der Waals surface area contributed by atoms with Crippen LogP contribution < -0.4 is 10.6 Å². The van der Waals surface area contributed by atoms with Gasteiger partial charge in [0.15, 0.2) is 0 Å². The number of aryl methyl sites for hydroxylation is 2. The van der Waals surface area contributed by atoms with Crippen LogP contribution in [-0.4, -0.2) is 29.2 Å².